The summed E-state index contributed by atoms with van der Waals surface area (Å²) in [5.74, 6) is 0.781. The number of hydrogen-bond donors (Lipinski definition) is 0. The van der Waals surface area contributed by atoms with Gasteiger partial charge in [0.2, 0.25) is 0 Å². The van der Waals surface area contributed by atoms with Gasteiger partial charge in [0.25, 0.3) is 0 Å². The zero-order valence-corrected chi connectivity index (χ0v) is 12.8. The Bertz CT molecular complexity index is 733. The van der Waals surface area contributed by atoms with E-state index >= 15 is 0 Å². The minimum absolute atomic E-state index is 0.0723. The van der Waals surface area contributed by atoms with Crippen molar-refractivity contribution in [3.8, 4) is 10.8 Å². The molecule has 0 atom stereocenters. The lowest BCUT2D eigenvalue weighted by Crippen LogP contribution is -2.03. The smallest absolute Gasteiger partial charge is 0.170 e. The lowest BCUT2D eigenvalue weighted by atomic mass is 10.1. The Hall–Kier alpha value is -1.72. The number of furan rings is 1. The van der Waals surface area contributed by atoms with Gasteiger partial charge in [-0.2, -0.15) is 0 Å². The van der Waals surface area contributed by atoms with Gasteiger partial charge < -0.3 is 4.42 Å². The predicted octanol–water partition coefficient (Wildman–Crippen LogP) is 4.59. The van der Waals surface area contributed by atoms with Crippen molar-refractivity contribution in [1.82, 2.24) is 4.98 Å². The molecule has 0 spiro atoms. The molecule has 0 unspecified atom stereocenters. The van der Waals surface area contributed by atoms with Crippen molar-refractivity contribution in [2.45, 2.75) is 6.42 Å². The Labute approximate surface area is 128 Å². The summed E-state index contributed by atoms with van der Waals surface area (Å²) < 4.78 is 6.12. The van der Waals surface area contributed by atoms with Gasteiger partial charge in [-0.05, 0) is 28.1 Å². The van der Waals surface area contributed by atoms with Crippen molar-refractivity contribution in [2.24, 2.45) is 0 Å². The Kier molecular flexibility index (Phi) is 3.80. The van der Waals surface area contributed by atoms with Crippen molar-refractivity contribution in [3.63, 3.8) is 0 Å². The third kappa shape index (κ3) is 2.89. The van der Waals surface area contributed by atoms with E-state index in [-0.39, 0.29) is 5.78 Å². The molecule has 0 aliphatic heterocycles. The molecule has 0 N–H and O–H groups in total. The van der Waals surface area contributed by atoms with Gasteiger partial charge in [0.05, 0.1) is 12.1 Å². The Balaban J connectivity index is 1.76. The van der Waals surface area contributed by atoms with Gasteiger partial charge in [0.15, 0.2) is 21.2 Å². The lowest BCUT2D eigenvalue weighted by molar-refractivity contribution is 0.0992. The number of ketones is 1. The fourth-order valence-electron chi connectivity index (χ4n) is 1.82. The summed E-state index contributed by atoms with van der Waals surface area (Å²) in [6.45, 7) is 0. The van der Waals surface area contributed by atoms with Crippen LogP contribution in [-0.4, -0.2) is 10.8 Å². The molecular formula is C15H10BrNO2S. The van der Waals surface area contributed by atoms with E-state index in [1.165, 1.54) is 11.3 Å². The summed E-state index contributed by atoms with van der Waals surface area (Å²) in [5.41, 5.74) is 1.48. The van der Waals surface area contributed by atoms with E-state index in [1.54, 1.807) is 0 Å². The van der Waals surface area contributed by atoms with Crippen molar-refractivity contribution in [2.75, 3.05) is 0 Å². The zero-order chi connectivity index (χ0) is 13.9. The molecule has 0 fully saturated rings. The molecule has 3 rings (SSSR count). The van der Waals surface area contributed by atoms with Crippen LogP contribution in [-0.2, 0) is 6.42 Å². The van der Waals surface area contributed by atoms with Crippen LogP contribution in [0.2, 0.25) is 0 Å². The van der Waals surface area contributed by atoms with Crippen LogP contribution in [0.25, 0.3) is 10.8 Å². The van der Waals surface area contributed by atoms with Crippen LogP contribution in [0.5, 0.6) is 0 Å². The Morgan fingerprint density at radius 1 is 1.20 bits per heavy atom. The van der Waals surface area contributed by atoms with Crippen LogP contribution < -0.4 is 0 Å². The molecule has 1 aromatic carbocycles. The van der Waals surface area contributed by atoms with E-state index in [9.17, 15) is 4.79 Å². The zero-order valence-electron chi connectivity index (χ0n) is 10.4. The highest BCUT2D eigenvalue weighted by Crippen LogP contribution is 2.28. The second-order valence-corrected chi connectivity index (χ2v) is 5.85. The minimum Gasteiger partial charge on any atom is -0.447 e. The van der Waals surface area contributed by atoms with E-state index in [4.69, 9.17) is 4.42 Å². The SMILES string of the molecule is O=C(Cc1csc(-c2ccc(Br)o2)n1)c1ccccc1. The number of halogens is 1. The molecule has 3 aromatic rings. The second-order valence-electron chi connectivity index (χ2n) is 4.21. The number of nitrogens with zero attached hydrogens (tertiary/aromatic N) is 1. The number of hydrogen-bond acceptors (Lipinski definition) is 4. The van der Waals surface area contributed by atoms with Crippen LogP contribution in [0.4, 0.5) is 0 Å². The molecule has 2 heterocycles. The van der Waals surface area contributed by atoms with E-state index < -0.39 is 0 Å². The highest BCUT2D eigenvalue weighted by atomic mass is 79.9. The van der Waals surface area contributed by atoms with Gasteiger partial charge in [-0.1, -0.05) is 30.3 Å². The van der Waals surface area contributed by atoms with E-state index in [0.29, 0.717) is 22.4 Å². The molecule has 2 aromatic heterocycles. The van der Waals surface area contributed by atoms with E-state index in [1.807, 2.05) is 47.8 Å². The maximum atomic E-state index is 12.1. The molecule has 0 saturated heterocycles. The van der Waals surface area contributed by atoms with Crippen molar-refractivity contribution < 1.29 is 9.21 Å². The fraction of sp³-hybridized carbons (Fsp3) is 0.0667. The van der Waals surface area contributed by atoms with Crippen LogP contribution in [0, 0.1) is 0 Å². The minimum atomic E-state index is 0.0723. The molecule has 0 amide bonds. The third-order valence-electron chi connectivity index (χ3n) is 2.77. The maximum Gasteiger partial charge on any atom is 0.170 e. The van der Waals surface area contributed by atoms with Crippen LogP contribution in [0.15, 0.2) is 56.9 Å². The van der Waals surface area contributed by atoms with Gasteiger partial charge in [-0.25, -0.2) is 4.98 Å². The van der Waals surface area contributed by atoms with Gasteiger partial charge in [0.1, 0.15) is 0 Å². The monoisotopic (exact) mass is 347 g/mol. The normalized spacial score (nSPS) is 10.7. The number of carbonyl (C=O) groups excluding carboxylic acids is 1. The fourth-order valence-corrected chi connectivity index (χ4v) is 2.91. The molecule has 100 valence electrons. The van der Waals surface area contributed by atoms with Crippen LogP contribution >= 0.6 is 27.3 Å². The van der Waals surface area contributed by atoms with Gasteiger partial charge >= 0.3 is 0 Å². The molecule has 3 nitrogen and oxygen atoms in total. The lowest BCUT2D eigenvalue weighted by Gasteiger charge is -1.97. The number of thiazole rings is 1. The Morgan fingerprint density at radius 3 is 2.70 bits per heavy atom. The predicted molar refractivity (Wildman–Crippen MR) is 82.0 cm³/mol. The summed E-state index contributed by atoms with van der Waals surface area (Å²) in [5, 5.41) is 2.68. The molecule has 0 radical (unpaired) electrons. The highest BCUT2D eigenvalue weighted by molar-refractivity contribution is 9.10. The van der Waals surface area contributed by atoms with Crippen LogP contribution in [0.1, 0.15) is 16.1 Å². The van der Waals surface area contributed by atoms with Gasteiger partial charge in [-0.3, -0.25) is 4.79 Å². The third-order valence-corrected chi connectivity index (χ3v) is 4.11. The first-order chi connectivity index (χ1) is 9.72. The quantitative estimate of drug-likeness (QED) is 0.648. The molecule has 5 heteroatoms. The number of carbonyl (C=O) groups is 1. The van der Waals surface area contributed by atoms with Crippen molar-refractivity contribution in [1.29, 1.82) is 0 Å². The first-order valence-corrected chi connectivity index (χ1v) is 7.68. The summed E-state index contributed by atoms with van der Waals surface area (Å²) in [6, 6.07) is 12.9. The molecule has 0 bridgehead atoms. The van der Waals surface area contributed by atoms with Crippen molar-refractivity contribution >= 4 is 33.0 Å². The topological polar surface area (TPSA) is 43.1 Å². The summed E-state index contributed by atoms with van der Waals surface area (Å²) >= 11 is 4.74. The maximum absolute atomic E-state index is 12.1. The largest absolute Gasteiger partial charge is 0.447 e. The molecule has 20 heavy (non-hydrogen) atoms. The first kappa shape index (κ1) is 13.3. The van der Waals surface area contributed by atoms with E-state index in [0.717, 1.165) is 10.7 Å². The molecule has 0 saturated carbocycles. The van der Waals surface area contributed by atoms with Gasteiger partial charge in [-0.15, -0.1) is 11.3 Å². The average molecular weight is 348 g/mol. The number of benzene rings is 1. The average Bonchev–Trinajstić information content (AvgIpc) is 3.09. The Morgan fingerprint density at radius 2 is 2.00 bits per heavy atom. The molecule has 0 aliphatic rings. The number of aromatic nitrogens is 1. The second kappa shape index (κ2) is 5.73. The van der Waals surface area contributed by atoms with Gasteiger partial charge in [0, 0.05) is 10.9 Å². The van der Waals surface area contributed by atoms with Crippen LogP contribution in [0.3, 0.4) is 0 Å². The molecule has 0 aliphatic carbocycles. The summed E-state index contributed by atoms with van der Waals surface area (Å²) in [6.07, 6.45) is 0.308. The standard InChI is InChI=1S/C15H10BrNO2S/c16-14-7-6-13(19-14)15-17-11(9-20-15)8-12(18)10-4-2-1-3-5-10/h1-7,9H,8H2. The first-order valence-electron chi connectivity index (χ1n) is 6.01. The highest BCUT2D eigenvalue weighted by Gasteiger charge is 2.12. The number of Topliss-reactive ketones (excluding diaryl/α,β-unsaturated/α-hetero) is 1. The molecular weight excluding hydrogens is 338 g/mol. The van der Waals surface area contributed by atoms with E-state index in [2.05, 4.69) is 20.9 Å². The summed E-state index contributed by atoms with van der Waals surface area (Å²) in [4.78, 5) is 16.5. The van der Waals surface area contributed by atoms with Crippen molar-refractivity contribution in [3.05, 3.63) is 63.8 Å². The summed E-state index contributed by atoms with van der Waals surface area (Å²) in [7, 11) is 0. The number of rotatable bonds is 4.